The normalized spacial score (nSPS) is 11.0. The van der Waals surface area contributed by atoms with Crippen molar-refractivity contribution in [2.24, 2.45) is 10.2 Å². The molecule has 0 saturated carbocycles. The average molecular weight is 284 g/mol. The summed E-state index contributed by atoms with van der Waals surface area (Å²) in [6.45, 7) is 1.82. The quantitative estimate of drug-likeness (QED) is 0.873. The number of benzene rings is 2. The maximum atomic E-state index is 12.1. The molecule has 0 saturated heterocycles. The van der Waals surface area contributed by atoms with Crippen LogP contribution in [0.5, 0.6) is 11.5 Å². The monoisotopic (exact) mass is 284 g/mol. The summed E-state index contributed by atoms with van der Waals surface area (Å²) in [6.07, 6.45) is 0.464. The van der Waals surface area contributed by atoms with E-state index in [1.54, 1.807) is 0 Å². The molecule has 2 aromatic carbocycles. The van der Waals surface area contributed by atoms with E-state index in [1.165, 1.54) is 12.1 Å². The summed E-state index contributed by atoms with van der Waals surface area (Å²) in [7, 11) is 3.92. The van der Waals surface area contributed by atoms with Gasteiger partial charge in [-0.15, -0.1) is 0 Å². The number of anilines is 1. The van der Waals surface area contributed by atoms with Crippen molar-refractivity contribution in [2.45, 2.75) is 13.3 Å². The zero-order valence-corrected chi connectivity index (χ0v) is 12.4. The molecular formula is C16H18N3O2-. The Morgan fingerprint density at radius 1 is 1.05 bits per heavy atom. The fraction of sp³-hybridized carbons (Fsp3) is 0.250. The largest absolute Gasteiger partial charge is 0.871 e. The van der Waals surface area contributed by atoms with Crippen LogP contribution in [0, 0.1) is 0 Å². The van der Waals surface area contributed by atoms with Gasteiger partial charge in [0.2, 0.25) is 0 Å². The molecule has 2 rings (SSSR count). The molecule has 0 atom stereocenters. The van der Waals surface area contributed by atoms with Crippen molar-refractivity contribution in [3.63, 3.8) is 0 Å². The first-order valence-electron chi connectivity index (χ1n) is 6.74. The van der Waals surface area contributed by atoms with Crippen LogP contribution in [0.4, 0.5) is 17.1 Å². The molecule has 0 fully saturated rings. The fourth-order valence-electron chi connectivity index (χ4n) is 1.95. The van der Waals surface area contributed by atoms with Gasteiger partial charge >= 0.3 is 0 Å². The van der Waals surface area contributed by atoms with Gasteiger partial charge in [-0.1, -0.05) is 12.7 Å². The van der Waals surface area contributed by atoms with Crippen molar-refractivity contribution < 1.29 is 10.2 Å². The highest BCUT2D eigenvalue weighted by molar-refractivity contribution is 5.59. The lowest BCUT2D eigenvalue weighted by atomic mass is 10.1. The van der Waals surface area contributed by atoms with Crippen molar-refractivity contribution in [3.05, 3.63) is 42.0 Å². The highest BCUT2D eigenvalue weighted by Crippen LogP contribution is 2.35. The van der Waals surface area contributed by atoms with E-state index in [1.807, 2.05) is 50.2 Å². The SMILES string of the molecule is CCc1c(O)ccc(N=Nc2ccc(N(C)C)cc2)c1[O-]. The topological polar surface area (TPSA) is 71.2 Å². The molecule has 5 heteroatoms. The first kappa shape index (κ1) is 14.8. The van der Waals surface area contributed by atoms with Crippen LogP contribution in [0.15, 0.2) is 46.6 Å². The zero-order chi connectivity index (χ0) is 15.4. The summed E-state index contributed by atoms with van der Waals surface area (Å²) in [6, 6.07) is 10.5. The number of phenolic OH excluding ortho intramolecular Hbond substituents is 1. The Balaban J connectivity index is 2.25. The number of nitrogens with zero attached hydrogens (tertiary/aromatic N) is 3. The van der Waals surface area contributed by atoms with Crippen LogP contribution in [-0.2, 0) is 6.42 Å². The minimum Gasteiger partial charge on any atom is -0.871 e. The standard InChI is InChI=1S/C16H19N3O2/c1-4-13-15(20)10-9-14(16(13)21)18-17-11-5-7-12(8-6-11)19(2)3/h5-10,20-21H,4H2,1-3H3/p-1. The van der Waals surface area contributed by atoms with Crippen molar-refractivity contribution in [1.82, 2.24) is 0 Å². The van der Waals surface area contributed by atoms with Crippen molar-refractivity contribution in [3.8, 4) is 11.5 Å². The first-order chi connectivity index (χ1) is 10.0. The zero-order valence-electron chi connectivity index (χ0n) is 12.4. The van der Waals surface area contributed by atoms with Gasteiger partial charge in [0.15, 0.2) is 0 Å². The maximum absolute atomic E-state index is 12.1. The Bertz CT molecular complexity index is 649. The number of phenols is 1. The average Bonchev–Trinajstić information content (AvgIpc) is 2.47. The van der Waals surface area contributed by atoms with E-state index in [9.17, 15) is 10.2 Å². The van der Waals surface area contributed by atoms with Crippen molar-refractivity contribution in [1.29, 1.82) is 0 Å². The van der Waals surface area contributed by atoms with Crippen LogP contribution in [0.2, 0.25) is 0 Å². The third-order valence-corrected chi connectivity index (χ3v) is 3.21. The lowest BCUT2D eigenvalue weighted by molar-refractivity contribution is -0.268. The molecule has 110 valence electrons. The predicted molar refractivity (Wildman–Crippen MR) is 81.9 cm³/mol. The third-order valence-electron chi connectivity index (χ3n) is 3.21. The minimum atomic E-state index is -0.272. The third kappa shape index (κ3) is 3.31. The Labute approximate surface area is 124 Å². The van der Waals surface area contributed by atoms with Gasteiger partial charge in [-0.25, -0.2) is 0 Å². The molecule has 0 spiro atoms. The second-order valence-electron chi connectivity index (χ2n) is 4.88. The summed E-state index contributed by atoms with van der Waals surface area (Å²) in [4.78, 5) is 1.99. The Hall–Kier alpha value is -2.56. The minimum absolute atomic E-state index is 0.0109. The van der Waals surface area contributed by atoms with Crippen LogP contribution >= 0.6 is 0 Å². The molecule has 21 heavy (non-hydrogen) atoms. The molecule has 0 heterocycles. The number of hydrogen-bond donors (Lipinski definition) is 1. The van der Waals surface area contributed by atoms with Crippen LogP contribution in [0.1, 0.15) is 12.5 Å². The summed E-state index contributed by atoms with van der Waals surface area (Å²) < 4.78 is 0. The van der Waals surface area contributed by atoms with E-state index in [4.69, 9.17) is 0 Å². The fourth-order valence-corrected chi connectivity index (χ4v) is 1.95. The Morgan fingerprint density at radius 2 is 1.71 bits per heavy atom. The van der Waals surface area contributed by atoms with Crippen LogP contribution in [0.25, 0.3) is 0 Å². The predicted octanol–water partition coefficient (Wildman–Crippen LogP) is 3.51. The van der Waals surface area contributed by atoms with E-state index in [0.29, 0.717) is 17.7 Å². The lowest BCUT2D eigenvalue weighted by Gasteiger charge is -2.15. The van der Waals surface area contributed by atoms with Gasteiger partial charge in [-0.05, 0) is 48.4 Å². The summed E-state index contributed by atoms with van der Waals surface area (Å²) in [5, 5.41) is 29.7. The number of aromatic hydroxyl groups is 1. The molecule has 0 amide bonds. The lowest BCUT2D eigenvalue weighted by Crippen LogP contribution is -2.07. The second kappa shape index (κ2) is 6.26. The van der Waals surface area contributed by atoms with Crippen LogP contribution < -0.4 is 10.0 Å². The molecule has 0 aliphatic rings. The molecule has 0 aliphatic heterocycles. The summed E-state index contributed by atoms with van der Waals surface area (Å²) >= 11 is 0. The van der Waals surface area contributed by atoms with Crippen LogP contribution in [-0.4, -0.2) is 19.2 Å². The number of hydrogen-bond acceptors (Lipinski definition) is 5. The highest BCUT2D eigenvalue weighted by Gasteiger charge is 2.03. The van der Waals surface area contributed by atoms with Gasteiger partial charge in [-0.3, -0.25) is 0 Å². The van der Waals surface area contributed by atoms with E-state index in [2.05, 4.69) is 10.2 Å². The van der Waals surface area contributed by atoms with E-state index in [-0.39, 0.29) is 17.2 Å². The molecule has 5 nitrogen and oxygen atoms in total. The van der Waals surface area contributed by atoms with Crippen LogP contribution in [0.3, 0.4) is 0 Å². The Morgan fingerprint density at radius 3 is 2.29 bits per heavy atom. The Kier molecular flexibility index (Phi) is 4.42. The number of rotatable bonds is 4. The van der Waals surface area contributed by atoms with Gasteiger partial charge in [0.25, 0.3) is 0 Å². The van der Waals surface area contributed by atoms with Gasteiger partial charge in [0.05, 0.1) is 11.4 Å². The van der Waals surface area contributed by atoms with E-state index in [0.717, 1.165) is 5.69 Å². The highest BCUT2D eigenvalue weighted by atomic mass is 16.3. The molecule has 0 aromatic heterocycles. The van der Waals surface area contributed by atoms with Gasteiger partial charge in [0, 0.05) is 19.8 Å². The summed E-state index contributed by atoms with van der Waals surface area (Å²) in [5.41, 5.74) is 2.35. The first-order valence-corrected chi connectivity index (χ1v) is 6.74. The summed E-state index contributed by atoms with van der Waals surface area (Å²) in [5.74, 6) is -0.261. The van der Waals surface area contributed by atoms with Crippen molar-refractivity contribution in [2.75, 3.05) is 19.0 Å². The molecular weight excluding hydrogens is 266 g/mol. The molecule has 1 N–H and O–H groups in total. The second-order valence-corrected chi connectivity index (χ2v) is 4.88. The van der Waals surface area contributed by atoms with Gasteiger partial charge in [-0.2, -0.15) is 10.2 Å². The molecule has 0 unspecified atom stereocenters. The van der Waals surface area contributed by atoms with Gasteiger partial charge in [0.1, 0.15) is 5.75 Å². The number of azo groups is 1. The molecule has 2 aromatic rings. The smallest absolute Gasteiger partial charge is 0.118 e. The van der Waals surface area contributed by atoms with E-state index < -0.39 is 0 Å². The maximum Gasteiger partial charge on any atom is 0.118 e. The van der Waals surface area contributed by atoms with Gasteiger partial charge < -0.3 is 15.1 Å². The van der Waals surface area contributed by atoms with E-state index >= 15 is 0 Å². The van der Waals surface area contributed by atoms with Crippen molar-refractivity contribution >= 4 is 17.1 Å². The molecule has 0 aliphatic carbocycles. The molecule has 0 bridgehead atoms. The molecule has 0 radical (unpaired) electrons.